The molecular weight excluding hydrogens is 369 g/mol. The zero-order valence-electron chi connectivity index (χ0n) is 12.7. The number of anilines is 1. The van der Waals surface area contributed by atoms with Gasteiger partial charge in [0, 0.05) is 5.75 Å². The molecule has 1 amide bonds. The molecule has 0 spiro atoms. The predicted molar refractivity (Wildman–Crippen MR) is 98.7 cm³/mol. The number of carbonyl (C=O) groups excluding carboxylic acids is 1. The highest BCUT2D eigenvalue weighted by atomic mass is 35.5. The van der Waals surface area contributed by atoms with E-state index >= 15 is 0 Å². The Hall–Kier alpha value is -1.56. The zero-order valence-corrected chi connectivity index (χ0v) is 15.0. The second-order valence-corrected chi connectivity index (χ2v) is 6.92. The second kappa shape index (κ2) is 8.01. The molecule has 1 N–H and O–H groups in total. The topological polar surface area (TPSA) is 47.6 Å². The van der Waals surface area contributed by atoms with E-state index in [0.29, 0.717) is 52.0 Å². The number of ether oxygens (including phenoxy) is 2. The molecule has 0 saturated heterocycles. The maximum atomic E-state index is 12.0. The van der Waals surface area contributed by atoms with Crippen LogP contribution in [0.15, 0.2) is 36.4 Å². The van der Waals surface area contributed by atoms with Crippen molar-refractivity contribution in [2.75, 3.05) is 24.3 Å². The van der Waals surface area contributed by atoms with Crippen molar-refractivity contribution in [3.63, 3.8) is 0 Å². The van der Waals surface area contributed by atoms with Gasteiger partial charge in [-0.1, -0.05) is 35.3 Å². The number of benzene rings is 2. The van der Waals surface area contributed by atoms with Gasteiger partial charge in [-0.2, -0.15) is 0 Å². The lowest BCUT2D eigenvalue weighted by molar-refractivity contribution is -0.113. The maximum absolute atomic E-state index is 12.0. The summed E-state index contributed by atoms with van der Waals surface area (Å²) in [5.74, 6) is 2.11. The van der Waals surface area contributed by atoms with Crippen LogP contribution in [0.1, 0.15) is 5.56 Å². The fourth-order valence-corrected chi connectivity index (χ4v) is 3.49. The van der Waals surface area contributed by atoms with Gasteiger partial charge in [-0.3, -0.25) is 4.79 Å². The lowest BCUT2D eigenvalue weighted by Crippen LogP contribution is -2.16. The Bertz CT molecular complexity index is 755. The minimum Gasteiger partial charge on any atom is -0.486 e. The summed E-state index contributed by atoms with van der Waals surface area (Å²) >= 11 is 13.7. The van der Waals surface area contributed by atoms with Crippen molar-refractivity contribution in [1.82, 2.24) is 0 Å². The number of rotatable bonds is 5. The number of amides is 1. The molecule has 2 aromatic carbocycles. The third-order valence-electron chi connectivity index (χ3n) is 3.31. The molecule has 0 unspecified atom stereocenters. The highest BCUT2D eigenvalue weighted by molar-refractivity contribution is 7.99. The van der Waals surface area contributed by atoms with E-state index in [1.807, 2.05) is 24.3 Å². The van der Waals surface area contributed by atoms with Crippen LogP contribution in [0.5, 0.6) is 11.5 Å². The van der Waals surface area contributed by atoms with Gasteiger partial charge in [-0.25, -0.2) is 0 Å². The van der Waals surface area contributed by atoms with Crippen LogP contribution >= 0.6 is 35.0 Å². The van der Waals surface area contributed by atoms with E-state index in [4.69, 9.17) is 32.7 Å². The second-order valence-electron chi connectivity index (χ2n) is 5.12. The van der Waals surface area contributed by atoms with E-state index in [1.54, 1.807) is 12.1 Å². The molecule has 24 heavy (non-hydrogen) atoms. The van der Waals surface area contributed by atoms with Crippen LogP contribution in [0.2, 0.25) is 10.0 Å². The quantitative estimate of drug-likeness (QED) is 0.816. The van der Waals surface area contributed by atoms with Crippen LogP contribution in [0.3, 0.4) is 0 Å². The maximum Gasteiger partial charge on any atom is 0.234 e. The van der Waals surface area contributed by atoms with Crippen molar-refractivity contribution in [2.24, 2.45) is 0 Å². The fraction of sp³-hybridized carbons (Fsp3) is 0.235. The lowest BCUT2D eigenvalue weighted by Gasteiger charge is -2.20. The molecule has 7 heteroatoms. The lowest BCUT2D eigenvalue weighted by atomic mass is 10.2. The number of hydrogen-bond acceptors (Lipinski definition) is 4. The molecule has 126 valence electrons. The smallest absolute Gasteiger partial charge is 0.234 e. The molecule has 2 aromatic rings. The summed E-state index contributed by atoms with van der Waals surface area (Å²) in [6.45, 7) is 1.02. The molecule has 4 nitrogen and oxygen atoms in total. The molecule has 1 aliphatic rings. The van der Waals surface area contributed by atoms with Crippen molar-refractivity contribution in [2.45, 2.75) is 5.75 Å². The number of fused-ring (bicyclic) bond motifs is 1. The molecule has 0 radical (unpaired) electrons. The first kappa shape index (κ1) is 17.3. The third kappa shape index (κ3) is 4.29. The van der Waals surface area contributed by atoms with Gasteiger partial charge < -0.3 is 14.8 Å². The average Bonchev–Trinajstić information content (AvgIpc) is 2.57. The summed E-state index contributed by atoms with van der Waals surface area (Å²) in [6.07, 6.45) is 0. The summed E-state index contributed by atoms with van der Waals surface area (Å²) in [4.78, 5) is 12.0. The Labute approximate surface area is 154 Å². The molecule has 1 heterocycles. The van der Waals surface area contributed by atoms with Crippen LogP contribution in [0.25, 0.3) is 0 Å². The first-order chi connectivity index (χ1) is 11.6. The Morgan fingerprint density at radius 3 is 2.75 bits per heavy atom. The van der Waals surface area contributed by atoms with E-state index in [1.165, 1.54) is 11.8 Å². The van der Waals surface area contributed by atoms with Crippen LogP contribution in [0.4, 0.5) is 5.69 Å². The molecule has 1 aliphatic heterocycles. The number of hydrogen-bond donors (Lipinski definition) is 1. The summed E-state index contributed by atoms with van der Waals surface area (Å²) in [7, 11) is 0. The standard InChI is InChI=1S/C17H15Cl2NO3S/c18-12-3-1-2-4-14(12)20-16(21)10-24-9-11-7-13(19)17-15(8-11)22-5-6-23-17/h1-4,7-8H,5-6,9-10H2,(H,20,21). The zero-order chi connectivity index (χ0) is 16.9. The Kier molecular flexibility index (Phi) is 5.76. The monoisotopic (exact) mass is 383 g/mol. The number of nitrogens with one attached hydrogen (secondary N) is 1. The van der Waals surface area contributed by atoms with Crippen LogP contribution in [0, 0.1) is 0 Å². The minimum absolute atomic E-state index is 0.100. The predicted octanol–water partition coefficient (Wildman–Crippen LogP) is 4.64. The van der Waals surface area contributed by atoms with Gasteiger partial charge in [-0.15, -0.1) is 11.8 Å². The van der Waals surface area contributed by atoms with Gasteiger partial charge in [0.1, 0.15) is 13.2 Å². The van der Waals surface area contributed by atoms with Crippen LogP contribution < -0.4 is 14.8 Å². The highest BCUT2D eigenvalue weighted by Gasteiger charge is 2.16. The van der Waals surface area contributed by atoms with Gasteiger partial charge in [0.25, 0.3) is 0 Å². The molecular formula is C17H15Cl2NO3S. The first-order valence-corrected chi connectivity index (χ1v) is 9.24. The van der Waals surface area contributed by atoms with Gasteiger partial charge in [-0.05, 0) is 29.8 Å². The number of carbonyl (C=O) groups is 1. The van der Waals surface area contributed by atoms with E-state index in [0.717, 1.165) is 5.56 Å². The van der Waals surface area contributed by atoms with E-state index in [-0.39, 0.29) is 5.91 Å². The number of thioether (sulfide) groups is 1. The summed E-state index contributed by atoms with van der Waals surface area (Å²) in [5.41, 5.74) is 1.60. The van der Waals surface area contributed by atoms with E-state index in [2.05, 4.69) is 5.32 Å². The number of para-hydroxylation sites is 1. The SMILES string of the molecule is O=C(CSCc1cc(Cl)c2c(c1)OCCO2)Nc1ccccc1Cl. The molecule has 3 rings (SSSR count). The van der Waals surface area contributed by atoms with Crippen LogP contribution in [-0.4, -0.2) is 24.9 Å². The summed E-state index contributed by atoms with van der Waals surface area (Å²) in [6, 6.07) is 10.9. The van der Waals surface area contributed by atoms with Crippen molar-refractivity contribution < 1.29 is 14.3 Å². The van der Waals surface area contributed by atoms with Crippen molar-refractivity contribution in [3.05, 3.63) is 52.0 Å². The Balaban J connectivity index is 1.54. The Morgan fingerprint density at radius 2 is 1.92 bits per heavy atom. The molecule has 0 aromatic heterocycles. The summed E-state index contributed by atoms with van der Waals surface area (Å²) < 4.78 is 11.0. The first-order valence-electron chi connectivity index (χ1n) is 7.33. The van der Waals surface area contributed by atoms with Crippen LogP contribution in [-0.2, 0) is 10.5 Å². The average molecular weight is 384 g/mol. The third-order valence-corrected chi connectivity index (χ3v) is 4.92. The molecule has 0 fully saturated rings. The number of halogens is 2. The molecule has 0 aliphatic carbocycles. The van der Waals surface area contributed by atoms with Crippen molar-refractivity contribution >= 4 is 46.6 Å². The molecule has 0 saturated carbocycles. The van der Waals surface area contributed by atoms with Gasteiger partial charge >= 0.3 is 0 Å². The highest BCUT2D eigenvalue weighted by Crippen LogP contribution is 2.39. The van der Waals surface area contributed by atoms with Gasteiger partial charge in [0.15, 0.2) is 11.5 Å². The van der Waals surface area contributed by atoms with E-state index < -0.39 is 0 Å². The molecule has 0 atom stereocenters. The van der Waals surface area contributed by atoms with E-state index in [9.17, 15) is 4.79 Å². The normalized spacial score (nSPS) is 12.8. The minimum atomic E-state index is -0.100. The fourth-order valence-electron chi connectivity index (χ4n) is 2.26. The summed E-state index contributed by atoms with van der Waals surface area (Å²) in [5, 5.41) is 3.85. The largest absolute Gasteiger partial charge is 0.486 e. The molecule has 0 bridgehead atoms. The Morgan fingerprint density at radius 1 is 1.12 bits per heavy atom. The van der Waals surface area contributed by atoms with Gasteiger partial charge in [0.05, 0.1) is 21.5 Å². The van der Waals surface area contributed by atoms with Crippen molar-refractivity contribution in [1.29, 1.82) is 0 Å². The van der Waals surface area contributed by atoms with Crippen molar-refractivity contribution in [3.8, 4) is 11.5 Å². The van der Waals surface area contributed by atoms with Gasteiger partial charge in [0.2, 0.25) is 5.91 Å².